The van der Waals surface area contributed by atoms with Crippen molar-refractivity contribution in [2.45, 2.75) is 20.3 Å². The van der Waals surface area contributed by atoms with Crippen LogP contribution in [0.3, 0.4) is 0 Å². The zero-order valence-electron chi connectivity index (χ0n) is 16.5. The summed E-state index contributed by atoms with van der Waals surface area (Å²) in [6, 6.07) is 15.0. The van der Waals surface area contributed by atoms with Gasteiger partial charge in [-0.2, -0.15) is 0 Å². The summed E-state index contributed by atoms with van der Waals surface area (Å²) in [5.74, 6) is -0.0375. The van der Waals surface area contributed by atoms with Crippen LogP contribution in [0.2, 0.25) is 0 Å². The minimum Gasteiger partial charge on any atom is -0.496 e. The second kappa shape index (κ2) is 9.34. The van der Waals surface area contributed by atoms with Gasteiger partial charge in [-0.15, -0.1) is 0 Å². The number of hydrogen-bond acceptors (Lipinski definition) is 6. The van der Waals surface area contributed by atoms with Crippen molar-refractivity contribution in [2.24, 2.45) is 0 Å². The minimum atomic E-state index is -0.454. The van der Waals surface area contributed by atoms with Crippen LogP contribution in [0.4, 0.5) is 5.13 Å². The summed E-state index contributed by atoms with van der Waals surface area (Å²) in [6.07, 6.45) is 0.139. The van der Waals surface area contributed by atoms with E-state index in [1.807, 2.05) is 55.5 Å². The lowest BCUT2D eigenvalue weighted by molar-refractivity contribution is -0.115. The van der Waals surface area contributed by atoms with E-state index >= 15 is 0 Å². The Morgan fingerprint density at radius 1 is 1.14 bits per heavy atom. The molecule has 7 heteroatoms. The average molecular weight is 410 g/mol. The Hall–Kier alpha value is -3.19. The highest BCUT2D eigenvalue weighted by Crippen LogP contribution is 2.32. The van der Waals surface area contributed by atoms with Gasteiger partial charge in [-0.05, 0) is 19.9 Å². The van der Waals surface area contributed by atoms with Crippen molar-refractivity contribution < 1.29 is 19.1 Å². The Balaban J connectivity index is 1.85. The quantitative estimate of drug-likeness (QED) is 0.581. The van der Waals surface area contributed by atoms with Gasteiger partial charge in [0.2, 0.25) is 5.91 Å². The Labute approximate surface area is 173 Å². The van der Waals surface area contributed by atoms with Gasteiger partial charge in [-0.25, -0.2) is 9.78 Å². The number of rotatable bonds is 7. The zero-order chi connectivity index (χ0) is 20.8. The first-order valence-electron chi connectivity index (χ1n) is 9.18. The molecule has 0 bridgehead atoms. The maximum absolute atomic E-state index is 12.6. The Morgan fingerprint density at radius 2 is 1.90 bits per heavy atom. The van der Waals surface area contributed by atoms with Crippen LogP contribution in [0.5, 0.6) is 5.75 Å². The van der Waals surface area contributed by atoms with Gasteiger partial charge in [-0.3, -0.25) is 4.79 Å². The highest BCUT2D eigenvalue weighted by molar-refractivity contribution is 7.18. The highest BCUT2D eigenvalue weighted by Gasteiger charge is 2.21. The molecule has 1 heterocycles. The second-order valence-corrected chi connectivity index (χ2v) is 7.32. The van der Waals surface area contributed by atoms with Crippen molar-refractivity contribution in [1.82, 2.24) is 4.98 Å². The molecule has 1 aromatic heterocycles. The van der Waals surface area contributed by atoms with E-state index in [0.29, 0.717) is 21.5 Å². The smallest absolute Gasteiger partial charge is 0.350 e. The predicted octanol–water partition coefficient (Wildman–Crippen LogP) is 4.49. The van der Waals surface area contributed by atoms with Crippen molar-refractivity contribution in [3.63, 3.8) is 0 Å². The van der Waals surface area contributed by atoms with Gasteiger partial charge < -0.3 is 14.8 Å². The fourth-order valence-electron chi connectivity index (χ4n) is 2.88. The topological polar surface area (TPSA) is 77.5 Å². The highest BCUT2D eigenvalue weighted by atomic mass is 32.1. The lowest BCUT2D eigenvalue weighted by atomic mass is 10.1. The van der Waals surface area contributed by atoms with Crippen molar-refractivity contribution in [2.75, 3.05) is 19.0 Å². The fraction of sp³-hybridized carbons (Fsp3) is 0.227. The van der Waals surface area contributed by atoms with Gasteiger partial charge in [0.1, 0.15) is 10.6 Å². The summed E-state index contributed by atoms with van der Waals surface area (Å²) in [6.45, 7) is 3.97. The minimum absolute atomic E-state index is 0.139. The molecule has 0 saturated heterocycles. The Kier molecular flexibility index (Phi) is 6.61. The maximum Gasteiger partial charge on any atom is 0.350 e. The Morgan fingerprint density at radius 3 is 2.59 bits per heavy atom. The normalized spacial score (nSPS) is 10.4. The van der Waals surface area contributed by atoms with E-state index in [-0.39, 0.29) is 18.9 Å². The van der Waals surface area contributed by atoms with Crippen LogP contribution in [0, 0.1) is 6.92 Å². The van der Waals surface area contributed by atoms with E-state index in [1.165, 1.54) is 0 Å². The van der Waals surface area contributed by atoms with Gasteiger partial charge in [-0.1, -0.05) is 59.4 Å². The number of amides is 1. The number of anilines is 1. The molecule has 0 radical (unpaired) electrons. The van der Waals surface area contributed by atoms with Crippen LogP contribution in [-0.2, 0) is 16.0 Å². The van der Waals surface area contributed by atoms with Crippen molar-refractivity contribution >= 4 is 28.3 Å². The molecule has 0 unspecified atom stereocenters. The summed E-state index contributed by atoms with van der Waals surface area (Å²) in [7, 11) is 1.57. The number of nitrogens with zero attached hydrogens (tertiary/aromatic N) is 1. The van der Waals surface area contributed by atoms with Gasteiger partial charge in [0, 0.05) is 11.1 Å². The number of esters is 1. The Bertz CT molecular complexity index is 1010. The second-order valence-electron chi connectivity index (χ2n) is 6.32. The molecule has 0 atom stereocenters. The van der Waals surface area contributed by atoms with E-state index in [1.54, 1.807) is 14.0 Å². The molecule has 1 N–H and O–H groups in total. The van der Waals surface area contributed by atoms with Gasteiger partial charge >= 0.3 is 5.97 Å². The molecule has 0 fully saturated rings. The molecule has 3 aromatic rings. The van der Waals surface area contributed by atoms with Crippen molar-refractivity contribution in [3.05, 3.63) is 64.5 Å². The van der Waals surface area contributed by atoms with Gasteiger partial charge in [0.15, 0.2) is 5.13 Å². The molecule has 6 nitrogen and oxygen atoms in total. The third-order valence-electron chi connectivity index (χ3n) is 4.17. The molecule has 0 aliphatic rings. The number of thiazole rings is 1. The van der Waals surface area contributed by atoms with Crippen LogP contribution in [-0.4, -0.2) is 30.6 Å². The number of aryl methyl sites for hydroxylation is 1. The van der Waals surface area contributed by atoms with Crippen LogP contribution >= 0.6 is 11.3 Å². The SMILES string of the molecule is CCOC(=O)c1sc(NC(=O)Cc2cc(C)ccc2OC)nc1-c1ccccc1. The number of ether oxygens (including phenoxy) is 2. The number of nitrogens with one attached hydrogen (secondary N) is 1. The molecular weight excluding hydrogens is 388 g/mol. The summed E-state index contributed by atoms with van der Waals surface area (Å²) in [5, 5.41) is 3.14. The number of carbonyl (C=O) groups is 2. The summed E-state index contributed by atoms with van der Waals surface area (Å²) in [5.41, 5.74) is 3.11. The monoisotopic (exact) mass is 410 g/mol. The van der Waals surface area contributed by atoms with Crippen LogP contribution in [0.25, 0.3) is 11.3 Å². The van der Waals surface area contributed by atoms with Gasteiger partial charge in [0.25, 0.3) is 0 Å². The van der Waals surface area contributed by atoms with Crippen LogP contribution in [0.15, 0.2) is 48.5 Å². The number of hydrogen-bond donors (Lipinski definition) is 1. The van der Waals surface area contributed by atoms with E-state index in [9.17, 15) is 9.59 Å². The van der Waals surface area contributed by atoms with Crippen molar-refractivity contribution in [1.29, 1.82) is 0 Å². The van der Waals surface area contributed by atoms with Crippen LogP contribution in [0.1, 0.15) is 27.7 Å². The summed E-state index contributed by atoms with van der Waals surface area (Å²) < 4.78 is 10.5. The summed E-state index contributed by atoms with van der Waals surface area (Å²) >= 11 is 1.11. The van der Waals surface area contributed by atoms with Gasteiger partial charge in [0.05, 0.1) is 25.8 Å². The lowest BCUT2D eigenvalue weighted by Gasteiger charge is -2.09. The number of benzene rings is 2. The standard InChI is InChI=1S/C22H22N2O4S/c1-4-28-21(26)20-19(15-8-6-5-7-9-15)24-22(29-20)23-18(25)13-16-12-14(2)10-11-17(16)27-3/h5-12H,4,13H2,1-3H3,(H,23,24,25). The molecule has 0 saturated carbocycles. The van der Waals surface area contributed by atoms with Crippen LogP contribution < -0.4 is 10.1 Å². The summed E-state index contributed by atoms with van der Waals surface area (Å²) in [4.78, 5) is 29.8. The predicted molar refractivity (Wildman–Crippen MR) is 114 cm³/mol. The molecule has 29 heavy (non-hydrogen) atoms. The molecule has 1 amide bonds. The lowest BCUT2D eigenvalue weighted by Crippen LogP contribution is -2.14. The zero-order valence-corrected chi connectivity index (χ0v) is 17.3. The molecule has 150 valence electrons. The fourth-order valence-corrected chi connectivity index (χ4v) is 3.78. The first kappa shape index (κ1) is 20.5. The molecule has 0 aliphatic carbocycles. The first-order chi connectivity index (χ1) is 14.0. The molecular formula is C22H22N2O4S. The molecule has 0 spiro atoms. The van der Waals surface area contributed by atoms with E-state index in [2.05, 4.69) is 10.3 Å². The van der Waals surface area contributed by atoms with E-state index in [0.717, 1.165) is 28.0 Å². The van der Waals surface area contributed by atoms with E-state index in [4.69, 9.17) is 9.47 Å². The largest absolute Gasteiger partial charge is 0.496 e. The molecule has 2 aromatic carbocycles. The molecule has 0 aliphatic heterocycles. The van der Waals surface area contributed by atoms with E-state index < -0.39 is 5.97 Å². The molecule has 3 rings (SSSR count). The average Bonchev–Trinajstić information content (AvgIpc) is 3.13. The number of aromatic nitrogens is 1. The first-order valence-corrected chi connectivity index (χ1v) is 10.00. The third kappa shape index (κ3) is 5.00. The van der Waals surface area contributed by atoms with Crippen molar-refractivity contribution in [3.8, 4) is 17.0 Å². The number of methoxy groups -OCH3 is 1. The maximum atomic E-state index is 12.6. The third-order valence-corrected chi connectivity index (χ3v) is 5.12. The number of carbonyl (C=O) groups excluding carboxylic acids is 2.